The van der Waals surface area contributed by atoms with Gasteiger partial charge in [-0.15, -0.1) is 11.3 Å². The minimum atomic E-state index is 0. The molecule has 0 fully saturated rings. The maximum Gasteiger partial charge on any atom is 0.0897 e. The smallest absolute Gasteiger partial charge is 0.0897 e. The monoisotopic (exact) mass is 326 g/mol. The van der Waals surface area contributed by atoms with Crippen LogP contribution >= 0.6 is 11.3 Å². The second kappa shape index (κ2) is 9.67. The molecule has 0 spiro atoms. The summed E-state index contributed by atoms with van der Waals surface area (Å²) in [6, 6.07) is 18.4. The summed E-state index contributed by atoms with van der Waals surface area (Å²) in [6.45, 7) is 3.81. The van der Waals surface area contributed by atoms with Crippen LogP contribution in [0.3, 0.4) is 0 Å². The average molecular weight is 326 g/mol. The summed E-state index contributed by atoms with van der Waals surface area (Å²) in [5.41, 5.74) is 2.47. The fourth-order valence-electron chi connectivity index (χ4n) is 1.68. The molecule has 2 aromatic carbocycles. The van der Waals surface area contributed by atoms with E-state index in [2.05, 4.69) is 39.9 Å². The Hall–Kier alpha value is -1.19. The van der Waals surface area contributed by atoms with E-state index >= 15 is 0 Å². The Morgan fingerprint density at radius 2 is 1.95 bits per heavy atom. The number of hydrogen-bond donors (Lipinski definition) is 1. The minimum absolute atomic E-state index is 0. The first-order chi connectivity index (χ1) is 9.34. The molecule has 1 heterocycles. The van der Waals surface area contributed by atoms with Crippen LogP contribution in [0.25, 0.3) is 0 Å². The summed E-state index contributed by atoms with van der Waals surface area (Å²) in [6.07, 6.45) is 0. The van der Waals surface area contributed by atoms with Crippen LogP contribution in [0.15, 0.2) is 60.0 Å². The van der Waals surface area contributed by atoms with Gasteiger partial charge in [0.05, 0.1) is 10.7 Å². The topological polar surface area (TPSA) is 24.9 Å². The number of aryl methyl sites for hydroxylation is 1. The molecule has 0 aliphatic heterocycles. The van der Waals surface area contributed by atoms with Gasteiger partial charge in [-0.05, 0) is 6.92 Å². The first-order valence-corrected chi connectivity index (χ1v) is 7.21. The SMILES string of the molecule is Cc1nc(CNC[c-]2[cH-][cH-][cH-][cH-]2)cs1.[Fe].c1cc[cH-]c1. The van der Waals surface area contributed by atoms with Crippen molar-refractivity contribution in [2.24, 2.45) is 0 Å². The molecule has 4 heteroatoms. The molecule has 0 aliphatic rings. The molecule has 0 radical (unpaired) electrons. The third-order valence-electron chi connectivity index (χ3n) is 2.59. The molecule has 3 rings (SSSR count). The van der Waals surface area contributed by atoms with Gasteiger partial charge in [-0.2, -0.15) is 24.7 Å². The summed E-state index contributed by atoms with van der Waals surface area (Å²) in [5, 5.41) is 6.60. The van der Waals surface area contributed by atoms with E-state index in [-0.39, 0.29) is 17.1 Å². The van der Waals surface area contributed by atoms with Crippen molar-refractivity contribution in [3.05, 3.63) is 76.2 Å². The Balaban J connectivity index is 0.000000283. The standard InChI is InChI=1S/C11H13N2S.C5H5.Fe/c1-9-13-11(8-14-9)7-12-6-10-4-2-3-5-10;1-2-4-5-3-1;/h2-5,8,12H,6-7H2,1H3;1-5H;/q-5;-1;. The molecule has 0 bridgehead atoms. The normalized spacial score (nSPS) is 9.45. The second-order valence-electron chi connectivity index (χ2n) is 4.22. The van der Waals surface area contributed by atoms with Crippen LogP contribution in [-0.2, 0) is 30.2 Å². The number of rotatable bonds is 4. The molecular formula is C16H18FeN2S-6. The summed E-state index contributed by atoms with van der Waals surface area (Å²) in [4.78, 5) is 4.39. The fraction of sp³-hybridized carbons (Fsp3) is 0.188. The molecule has 0 atom stereocenters. The predicted molar refractivity (Wildman–Crippen MR) is 81.5 cm³/mol. The third-order valence-corrected chi connectivity index (χ3v) is 3.41. The van der Waals surface area contributed by atoms with E-state index in [4.69, 9.17) is 0 Å². The third kappa shape index (κ3) is 6.31. The van der Waals surface area contributed by atoms with Gasteiger partial charge >= 0.3 is 0 Å². The van der Waals surface area contributed by atoms with Crippen LogP contribution in [0.4, 0.5) is 0 Å². The first kappa shape index (κ1) is 16.9. The molecule has 112 valence electrons. The molecule has 1 aromatic heterocycles. The van der Waals surface area contributed by atoms with Gasteiger partial charge < -0.3 is 35.1 Å². The summed E-state index contributed by atoms with van der Waals surface area (Å²) < 4.78 is 0. The van der Waals surface area contributed by atoms with Crippen LogP contribution in [0.2, 0.25) is 0 Å². The summed E-state index contributed by atoms with van der Waals surface area (Å²) >= 11 is 1.70. The number of aromatic nitrogens is 1. The molecule has 3 aromatic rings. The summed E-state index contributed by atoms with van der Waals surface area (Å²) in [7, 11) is 0. The van der Waals surface area contributed by atoms with E-state index in [1.54, 1.807) is 11.3 Å². The summed E-state index contributed by atoms with van der Waals surface area (Å²) in [5.74, 6) is 0. The zero-order chi connectivity index (χ0) is 13.3. The largest absolute Gasteiger partial charge is 0.748 e. The quantitative estimate of drug-likeness (QED) is 0.582. The van der Waals surface area contributed by atoms with Crippen LogP contribution < -0.4 is 5.32 Å². The van der Waals surface area contributed by atoms with Gasteiger partial charge in [0.2, 0.25) is 0 Å². The van der Waals surface area contributed by atoms with E-state index < -0.39 is 0 Å². The van der Waals surface area contributed by atoms with Gasteiger partial charge in [-0.1, -0.05) is 0 Å². The van der Waals surface area contributed by atoms with Crippen molar-refractivity contribution in [2.75, 3.05) is 0 Å². The molecule has 2 nitrogen and oxygen atoms in total. The van der Waals surface area contributed by atoms with E-state index in [1.807, 2.05) is 37.3 Å². The first-order valence-electron chi connectivity index (χ1n) is 6.33. The average Bonchev–Trinajstić information content (AvgIpc) is 3.12. The van der Waals surface area contributed by atoms with Gasteiger partial charge in [0.15, 0.2) is 0 Å². The van der Waals surface area contributed by atoms with Gasteiger partial charge in [0.25, 0.3) is 0 Å². The van der Waals surface area contributed by atoms with Crippen LogP contribution in [0, 0.1) is 6.92 Å². The number of nitrogens with zero attached hydrogens (tertiary/aromatic N) is 1. The van der Waals surface area contributed by atoms with Crippen molar-refractivity contribution in [3.63, 3.8) is 0 Å². The molecule has 0 aliphatic carbocycles. The predicted octanol–water partition coefficient (Wildman–Crippen LogP) is 3.86. The molecule has 0 unspecified atom stereocenters. The minimum Gasteiger partial charge on any atom is -0.748 e. The van der Waals surface area contributed by atoms with Crippen molar-refractivity contribution >= 4 is 11.3 Å². The Labute approximate surface area is 135 Å². The number of hydrogen-bond acceptors (Lipinski definition) is 3. The van der Waals surface area contributed by atoms with Gasteiger partial charge in [0, 0.05) is 29.0 Å². The molecule has 0 amide bonds. The zero-order valence-corrected chi connectivity index (χ0v) is 13.3. The number of nitrogens with one attached hydrogen (secondary N) is 1. The van der Waals surface area contributed by atoms with E-state index in [0.717, 1.165) is 23.8 Å². The van der Waals surface area contributed by atoms with E-state index in [0.29, 0.717) is 0 Å². The van der Waals surface area contributed by atoms with Crippen LogP contribution in [0.5, 0.6) is 0 Å². The Bertz CT molecular complexity index is 524. The van der Waals surface area contributed by atoms with Crippen molar-refractivity contribution in [1.29, 1.82) is 0 Å². The Morgan fingerprint density at radius 3 is 2.45 bits per heavy atom. The maximum atomic E-state index is 4.39. The molecule has 1 N–H and O–H groups in total. The number of thiazole rings is 1. The molecule has 0 saturated heterocycles. The van der Waals surface area contributed by atoms with E-state index in [9.17, 15) is 0 Å². The Kier molecular flexibility index (Phi) is 8.16. The van der Waals surface area contributed by atoms with Crippen LogP contribution in [-0.4, -0.2) is 4.98 Å². The maximum absolute atomic E-state index is 4.39. The van der Waals surface area contributed by atoms with Crippen molar-refractivity contribution in [1.82, 2.24) is 10.3 Å². The van der Waals surface area contributed by atoms with Gasteiger partial charge in [-0.25, -0.2) is 17.1 Å². The van der Waals surface area contributed by atoms with E-state index in [1.165, 1.54) is 5.56 Å². The Morgan fingerprint density at radius 1 is 1.25 bits per heavy atom. The zero-order valence-electron chi connectivity index (χ0n) is 11.4. The van der Waals surface area contributed by atoms with Crippen LogP contribution in [0.1, 0.15) is 16.3 Å². The fourth-order valence-corrected chi connectivity index (χ4v) is 2.29. The van der Waals surface area contributed by atoms with Gasteiger partial charge in [-0.3, -0.25) is 0 Å². The van der Waals surface area contributed by atoms with Crippen molar-refractivity contribution < 1.29 is 17.1 Å². The van der Waals surface area contributed by atoms with Gasteiger partial charge in [0.1, 0.15) is 0 Å². The van der Waals surface area contributed by atoms with Crippen molar-refractivity contribution in [2.45, 2.75) is 20.0 Å². The molecular weight excluding hydrogens is 308 g/mol. The van der Waals surface area contributed by atoms with Crippen molar-refractivity contribution in [3.8, 4) is 0 Å². The second-order valence-corrected chi connectivity index (χ2v) is 5.28. The molecule has 0 saturated carbocycles. The molecule has 20 heavy (non-hydrogen) atoms.